The quantitative estimate of drug-likeness (QED) is 0.626. The lowest BCUT2D eigenvalue weighted by molar-refractivity contribution is 0.340. The molecule has 25 heavy (non-hydrogen) atoms. The molecule has 0 aliphatic heterocycles. The van der Waals surface area contributed by atoms with E-state index in [1.165, 1.54) is 36.8 Å². The van der Waals surface area contributed by atoms with E-state index >= 15 is 0 Å². The standard InChI is InChI=1S/C24H28O/c1-3-19-7-13-22(14-8-19)23-15-9-20(10-16-23)5-6-21-11-17-24(18-12-21)25-4-2/h7-8,11-14,17-18,20,23H,3-4,9-10,15-16H2,1-2H3/t20-,23-. The van der Waals surface area contributed by atoms with Crippen LogP contribution in [0.15, 0.2) is 48.5 Å². The molecule has 0 spiro atoms. The van der Waals surface area contributed by atoms with Gasteiger partial charge in [0.1, 0.15) is 5.75 Å². The highest BCUT2D eigenvalue weighted by Gasteiger charge is 2.21. The second-order valence-electron chi connectivity index (χ2n) is 6.87. The summed E-state index contributed by atoms with van der Waals surface area (Å²) in [5, 5.41) is 0. The highest BCUT2D eigenvalue weighted by Crippen LogP contribution is 2.35. The van der Waals surface area contributed by atoms with Gasteiger partial charge in [0.15, 0.2) is 0 Å². The molecule has 1 aliphatic rings. The van der Waals surface area contributed by atoms with Crippen molar-refractivity contribution in [2.75, 3.05) is 6.61 Å². The molecular weight excluding hydrogens is 304 g/mol. The van der Waals surface area contributed by atoms with E-state index in [2.05, 4.69) is 55.2 Å². The molecule has 3 rings (SSSR count). The van der Waals surface area contributed by atoms with Crippen LogP contribution in [0.5, 0.6) is 5.75 Å². The Bertz CT molecular complexity index is 707. The van der Waals surface area contributed by atoms with Gasteiger partial charge >= 0.3 is 0 Å². The fourth-order valence-electron chi connectivity index (χ4n) is 3.58. The normalized spacial score (nSPS) is 19.8. The molecule has 0 heterocycles. The summed E-state index contributed by atoms with van der Waals surface area (Å²) in [7, 11) is 0. The fourth-order valence-corrected chi connectivity index (χ4v) is 3.58. The Morgan fingerprint density at radius 2 is 1.56 bits per heavy atom. The van der Waals surface area contributed by atoms with E-state index in [4.69, 9.17) is 4.74 Å². The fraction of sp³-hybridized carbons (Fsp3) is 0.417. The van der Waals surface area contributed by atoms with Gasteiger partial charge in [0.05, 0.1) is 6.61 Å². The summed E-state index contributed by atoms with van der Waals surface area (Å²) in [6.07, 6.45) is 6.06. The van der Waals surface area contributed by atoms with Crippen LogP contribution in [0.1, 0.15) is 62.1 Å². The highest BCUT2D eigenvalue weighted by molar-refractivity contribution is 5.38. The molecular formula is C24H28O. The third-order valence-electron chi connectivity index (χ3n) is 5.17. The first kappa shape index (κ1) is 17.6. The van der Waals surface area contributed by atoms with Crippen LogP contribution in [0, 0.1) is 17.8 Å². The average Bonchev–Trinajstić information content (AvgIpc) is 2.68. The third kappa shape index (κ3) is 4.89. The van der Waals surface area contributed by atoms with Gasteiger partial charge in [-0.2, -0.15) is 0 Å². The van der Waals surface area contributed by atoms with Gasteiger partial charge in [0.2, 0.25) is 0 Å². The topological polar surface area (TPSA) is 9.23 Å². The van der Waals surface area contributed by atoms with Crippen molar-refractivity contribution in [1.29, 1.82) is 0 Å². The third-order valence-corrected chi connectivity index (χ3v) is 5.17. The molecule has 1 heteroatoms. The van der Waals surface area contributed by atoms with E-state index in [1.807, 2.05) is 19.1 Å². The van der Waals surface area contributed by atoms with Gasteiger partial charge < -0.3 is 4.74 Å². The predicted molar refractivity (Wildman–Crippen MR) is 105 cm³/mol. The van der Waals surface area contributed by atoms with Crippen LogP contribution in [0.4, 0.5) is 0 Å². The molecule has 1 nitrogen and oxygen atoms in total. The summed E-state index contributed by atoms with van der Waals surface area (Å²) in [5.41, 5.74) is 4.02. The van der Waals surface area contributed by atoms with Gasteiger partial charge in [-0.25, -0.2) is 0 Å². The summed E-state index contributed by atoms with van der Waals surface area (Å²) in [5.74, 6) is 9.01. The first-order valence-corrected chi connectivity index (χ1v) is 9.61. The summed E-state index contributed by atoms with van der Waals surface area (Å²) >= 11 is 0. The van der Waals surface area contributed by atoms with Crippen LogP contribution >= 0.6 is 0 Å². The maximum Gasteiger partial charge on any atom is 0.119 e. The van der Waals surface area contributed by atoms with Crippen LogP contribution < -0.4 is 4.74 Å². The van der Waals surface area contributed by atoms with Crippen LogP contribution in [0.2, 0.25) is 0 Å². The molecule has 130 valence electrons. The lowest BCUT2D eigenvalue weighted by atomic mass is 9.79. The Labute approximate surface area is 152 Å². The molecule has 0 saturated heterocycles. The maximum atomic E-state index is 5.48. The molecule has 2 aromatic rings. The zero-order valence-electron chi connectivity index (χ0n) is 15.4. The molecule has 0 bridgehead atoms. The Morgan fingerprint density at radius 3 is 2.16 bits per heavy atom. The van der Waals surface area contributed by atoms with Gasteiger partial charge in [0.25, 0.3) is 0 Å². The SMILES string of the molecule is CCOc1ccc(C#C[C@H]2CC[C@H](c3ccc(CC)cc3)CC2)cc1. The molecule has 0 radical (unpaired) electrons. The van der Waals surface area contributed by atoms with Gasteiger partial charge in [-0.05, 0) is 80.3 Å². The average molecular weight is 332 g/mol. The minimum Gasteiger partial charge on any atom is -0.494 e. The van der Waals surface area contributed by atoms with Crippen molar-refractivity contribution in [2.45, 2.75) is 51.9 Å². The van der Waals surface area contributed by atoms with Gasteiger partial charge in [-0.15, -0.1) is 0 Å². The Balaban J connectivity index is 1.54. The van der Waals surface area contributed by atoms with E-state index in [-0.39, 0.29) is 0 Å². The minimum absolute atomic E-state index is 0.540. The Hall–Kier alpha value is -2.20. The number of benzene rings is 2. The first-order chi connectivity index (χ1) is 12.3. The number of hydrogen-bond acceptors (Lipinski definition) is 1. The van der Waals surface area contributed by atoms with Crippen LogP contribution in [0.3, 0.4) is 0 Å². The number of ether oxygens (including phenoxy) is 1. The predicted octanol–water partition coefficient (Wildman–Crippen LogP) is 5.97. The molecule has 0 atom stereocenters. The lowest BCUT2D eigenvalue weighted by Crippen LogP contribution is -2.12. The summed E-state index contributed by atoms with van der Waals surface area (Å²) in [4.78, 5) is 0. The summed E-state index contributed by atoms with van der Waals surface area (Å²) in [6.45, 7) is 4.92. The summed E-state index contributed by atoms with van der Waals surface area (Å²) in [6, 6.07) is 17.3. The smallest absolute Gasteiger partial charge is 0.119 e. The largest absolute Gasteiger partial charge is 0.494 e. The molecule has 0 aromatic heterocycles. The maximum absolute atomic E-state index is 5.48. The first-order valence-electron chi connectivity index (χ1n) is 9.61. The van der Waals surface area contributed by atoms with Gasteiger partial charge in [-0.3, -0.25) is 0 Å². The number of aryl methyl sites for hydroxylation is 1. The van der Waals surface area contributed by atoms with Crippen LogP contribution in [-0.4, -0.2) is 6.61 Å². The molecule has 0 unspecified atom stereocenters. The van der Waals surface area contributed by atoms with Crippen molar-refractivity contribution >= 4 is 0 Å². The molecule has 1 aliphatic carbocycles. The molecule has 2 aromatic carbocycles. The summed E-state index contributed by atoms with van der Waals surface area (Å²) < 4.78 is 5.48. The van der Waals surface area contributed by atoms with Gasteiger partial charge in [-0.1, -0.05) is 43.0 Å². The lowest BCUT2D eigenvalue weighted by Gasteiger charge is -2.26. The van der Waals surface area contributed by atoms with Crippen molar-refractivity contribution in [1.82, 2.24) is 0 Å². The second kappa shape index (κ2) is 8.77. The molecule has 0 amide bonds. The van der Waals surface area contributed by atoms with Crippen LogP contribution in [0.25, 0.3) is 0 Å². The number of rotatable bonds is 4. The van der Waals surface area contributed by atoms with E-state index in [1.54, 1.807) is 0 Å². The van der Waals surface area contributed by atoms with Crippen molar-refractivity contribution in [3.05, 3.63) is 65.2 Å². The molecule has 0 N–H and O–H groups in total. The van der Waals surface area contributed by atoms with Crippen molar-refractivity contribution in [2.24, 2.45) is 5.92 Å². The zero-order valence-corrected chi connectivity index (χ0v) is 15.4. The van der Waals surface area contributed by atoms with E-state index in [0.29, 0.717) is 12.5 Å². The molecule has 1 fully saturated rings. The Morgan fingerprint density at radius 1 is 0.880 bits per heavy atom. The van der Waals surface area contributed by atoms with E-state index in [9.17, 15) is 0 Å². The second-order valence-corrected chi connectivity index (χ2v) is 6.87. The molecule has 1 saturated carbocycles. The number of hydrogen-bond donors (Lipinski definition) is 0. The monoisotopic (exact) mass is 332 g/mol. The van der Waals surface area contributed by atoms with Crippen molar-refractivity contribution in [3.63, 3.8) is 0 Å². The van der Waals surface area contributed by atoms with Crippen LogP contribution in [-0.2, 0) is 6.42 Å². The Kier molecular flexibility index (Phi) is 6.18. The van der Waals surface area contributed by atoms with E-state index in [0.717, 1.165) is 23.7 Å². The zero-order chi connectivity index (χ0) is 17.5. The van der Waals surface area contributed by atoms with Gasteiger partial charge in [0, 0.05) is 11.5 Å². The van der Waals surface area contributed by atoms with Crippen molar-refractivity contribution < 1.29 is 4.74 Å². The highest BCUT2D eigenvalue weighted by atomic mass is 16.5. The minimum atomic E-state index is 0.540. The van der Waals surface area contributed by atoms with E-state index < -0.39 is 0 Å². The van der Waals surface area contributed by atoms with Crippen molar-refractivity contribution in [3.8, 4) is 17.6 Å².